The molecule has 1 aromatic heterocycles. The van der Waals surface area contributed by atoms with Gasteiger partial charge in [-0.25, -0.2) is 9.97 Å². The van der Waals surface area contributed by atoms with E-state index in [-0.39, 0.29) is 0 Å². The van der Waals surface area contributed by atoms with E-state index < -0.39 is 0 Å². The van der Waals surface area contributed by atoms with Crippen molar-refractivity contribution in [3.8, 4) is 0 Å². The lowest BCUT2D eigenvalue weighted by Crippen LogP contribution is -2.34. The fourth-order valence-electron chi connectivity index (χ4n) is 3.64. The van der Waals surface area contributed by atoms with Crippen LogP contribution in [0.4, 0.5) is 0 Å². The molecule has 3 rings (SSSR count). The average molecular weight is 289 g/mol. The van der Waals surface area contributed by atoms with Crippen LogP contribution in [-0.4, -0.2) is 29.7 Å². The van der Waals surface area contributed by atoms with Gasteiger partial charge < -0.3 is 10.1 Å². The highest BCUT2D eigenvalue weighted by atomic mass is 16.5. The Morgan fingerprint density at radius 3 is 2.81 bits per heavy atom. The summed E-state index contributed by atoms with van der Waals surface area (Å²) < 4.78 is 5.45. The van der Waals surface area contributed by atoms with E-state index in [1.807, 2.05) is 0 Å². The molecule has 1 aliphatic heterocycles. The van der Waals surface area contributed by atoms with Crippen LogP contribution in [0.1, 0.15) is 69.1 Å². The Bertz CT molecular complexity index is 495. The molecular weight excluding hydrogens is 262 g/mol. The van der Waals surface area contributed by atoms with E-state index in [1.165, 1.54) is 11.3 Å². The summed E-state index contributed by atoms with van der Waals surface area (Å²) in [4.78, 5) is 9.65. The molecule has 1 atom stereocenters. The summed E-state index contributed by atoms with van der Waals surface area (Å²) in [6.45, 7) is 9.53. The molecule has 0 saturated carbocycles. The van der Waals surface area contributed by atoms with Crippen molar-refractivity contribution in [2.75, 3.05) is 19.8 Å². The van der Waals surface area contributed by atoms with Crippen LogP contribution in [0.2, 0.25) is 0 Å². The fourth-order valence-corrected chi connectivity index (χ4v) is 3.64. The summed E-state index contributed by atoms with van der Waals surface area (Å²) in [6, 6.07) is 0.400. The summed E-state index contributed by atoms with van der Waals surface area (Å²) in [5, 5.41) is 3.60. The van der Waals surface area contributed by atoms with Crippen LogP contribution in [0.15, 0.2) is 6.20 Å². The topological polar surface area (TPSA) is 47.0 Å². The summed E-state index contributed by atoms with van der Waals surface area (Å²) in [7, 11) is 0. The van der Waals surface area contributed by atoms with E-state index in [0.29, 0.717) is 17.4 Å². The third-order valence-corrected chi connectivity index (χ3v) is 4.73. The van der Waals surface area contributed by atoms with E-state index in [0.717, 1.165) is 51.3 Å². The van der Waals surface area contributed by atoms with E-state index >= 15 is 0 Å². The van der Waals surface area contributed by atoms with Crippen LogP contribution >= 0.6 is 0 Å². The minimum Gasteiger partial charge on any atom is -0.381 e. The van der Waals surface area contributed by atoms with Crippen molar-refractivity contribution in [1.29, 1.82) is 0 Å². The first kappa shape index (κ1) is 14.9. The van der Waals surface area contributed by atoms with Gasteiger partial charge in [0, 0.05) is 42.6 Å². The van der Waals surface area contributed by atoms with E-state index in [1.54, 1.807) is 0 Å². The van der Waals surface area contributed by atoms with Gasteiger partial charge in [0.15, 0.2) is 0 Å². The number of hydrogen-bond acceptors (Lipinski definition) is 4. The van der Waals surface area contributed by atoms with Crippen LogP contribution in [0.25, 0.3) is 0 Å². The standard InChI is InChI=1S/C17H27N3O/c1-4-18-14-9-17(2,3)10-15-13(14)11-19-16(20-15)12-5-7-21-8-6-12/h11-12,14,18H,4-10H2,1-3H3. The summed E-state index contributed by atoms with van der Waals surface area (Å²) >= 11 is 0. The Hall–Kier alpha value is -1.00. The first-order valence-electron chi connectivity index (χ1n) is 8.26. The molecular formula is C17H27N3O. The molecule has 1 saturated heterocycles. The molecule has 21 heavy (non-hydrogen) atoms. The van der Waals surface area contributed by atoms with Crippen molar-refractivity contribution < 1.29 is 4.74 Å². The minimum atomic E-state index is 0.307. The lowest BCUT2D eigenvalue weighted by Gasteiger charge is -2.37. The van der Waals surface area contributed by atoms with Crippen LogP contribution in [0, 0.1) is 5.41 Å². The molecule has 1 aliphatic carbocycles. The number of rotatable bonds is 3. The molecule has 4 nitrogen and oxygen atoms in total. The number of nitrogens with one attached hydrogen (secondary N) is 1. The van der Waals surface area contributed by atoms with Crippen molar-refractivity contribution in [1.82, 2.24) is 15.3 Å². The maximum Gasteiger partial charge on any atom is 0.131 e. The molecule has 1 unspecified atom stereocenters. The van der Waals surface area contributed by atoms with Gasteiger partial charge in [0.1, 0.15) is 5.82 Å². The molecule has 0 spiro atoms. The quantitative estimate of drug-likeness (QED) is 0.929. The largest absolute Gasteiger partial charge is 0.381 e. The summed E-state index contributed by atoms with van der Waals surface area (Å²) in [6.07, 6.45) is 6.41. The summed E-state index contributed by atoms with van der Waals surface area (Å²) in [5.41, 5.74) is 2.88. The maximum atomic E-state index is 5.45. The summed E-state index contributed by atoms with van der Waals surface area (Å²) in [5.74, 6) is 1.51. The number of ether oxygens (including phenoxy) is 1. The van der Waals surface area contributed by atoms with Crippen LogP contribution in [0.3, 0.4) is 0 Å². The van der Waals surface area contributed by atoms with Gasteiger partial charge in [-0.2, -0.15) is 0 Å². The van der Waals surface area contributed by atoms with Crippen molar-refractivity contribution >= 4 is 0 Å². The van der Waals surface area contributed by atoms with Crippen molar-refractivity contribution in [2.24, 2.45) is 5.41 Å². The first-order valence-corrected chi connectivity index (χ1v) is 8.26. The number of aromatic nitrogens is 2. The predicted octanol–water partition coefficient (Wildman–Crippen LogP) is 2.99. The molecule has 1 aromatic rings. The molecule has 0 amide bonds. The second-order valence-corrected chi connectivity index (χ2v) is 7.17. The Morgan fingerprint density at radius 1 is 1.33 bits per heavy atom. The van der Waals surface area contributed by atoms with E-state index in [9.17, 15) is 0 Å². The highest BCUT2D eigenvalue weighted by Gasteiger charge is 2.33. The number of hydrogen-bond donors (Lipinski definition) is 1. The molecule has 1 N–H and O–H groups in total. The molecule has 116 valence electrons. The minimum absolute atomic E-state index is 0.307. The highest BCUT2D eigenvalue weighted by Crippen LogP contribution is 2.40. The molecule has 0 aromatic carbocycles. The van der Waals surface area contributed by atoms with E-state index in [4.69, 9.17) is 9.72 Å². The Morgan fingerprint density at radius 2 is 2.10 bits per heavy atom. The molecule has 2 heterocycles. The zero-order chi connectivity index (χ0) is 14.9. The van der Waals surface area contributed by atoms with Crippen LogP contribution in [-0.2, 0) is 11.2 Å². The third-order valence-electron chi connectivity index (χ3n) is 4.73. The number of nitrogens with zero attached hydrogens (tertiary/aromatic N) is 2. The fraction of sp³-hybridized carbons (Fsp3) is 0.765. The van der Waals surface area contributed by atoms with Gasteiger partial charge in [0.25, 0.3) is 0 Å². The monoisotopic (exact) mass is 289 g/mol. The molecule has 0 bridgehead atoms. The molecule has 1 fully saturated rings. The van der Waals surface area contributed by atoms with Crippen LogP contribution in [0.5, 0.6) is 0 Å². The maximum absolute atomic E-state index is 5.45. The normalized spacial score (nSPS) is 25.6. The highest BCUT2D eigenvalue weighted by molar-refractivity contribution is 5.27. The molecule has 2 aliphatic rings. The van der Waals surface area contributed by atoms with E-state index in [2.05, 4.69) is 37.3 Å². The Labute approximate surface area is 127 Å². The predicted molar refractivity (Wildman–Crippen MR) is 83.3 cm³/mol. The number of fused-ring (bicyclic) bond motifs is 1. The zero-order valence-electron chi connectivity index (χ0n) is 13.5. The van der Waals surface area contributed by atoms with Gasteiger partial charge in [-0.1, -0.05) is 20.8 Å². The lowest BCUT2D eigenvalue weighted by molar-refractivity contribution is 0.0834. The lowest BCUT2D eigenvalue weighted by atomic mass is 9.74. The average Bonchev–Trinajstić information content (AvgIpc) is 2.46. The zero-order valence-corrected chi connectivity index (χ0v) is 13.5. The second-order valence-electron chi connectivity index (χ2n) is 7.17. The molecule has 0 radical (unpaired) electrons. The third kappa shape index (κ3) is 3.27. The van der Waals surface area contributed by atoms with Gasteiger partial charge in [0.05, 0.1) is 0 Å². The van der Waals surface area contributed by atoms with Crippen molar-refractivity contribution in [2.45, 2.75) is 58.4 Å². The van der Waals surface area contributed by atoms with Gasteiger partial charge in [0.2, 0.25) is 0 Å². The first-order chi connectivity index (χ1) is 10.1. The van der Waals surface area contributed by atoms with Gasteiger partial charge in [-0.3, -0.25) is 0 Å². The molecule has 4 heteroatoms. The van der Waals surface area contributed by atoms with Crippen LogP contribution < -0.4 is 5.32 Å². The van der Waals surface area contributed by atoms with Gasteiger partial charge >= 0.3 is 0 Å². The van der Waals surface area contributed by atoms with Gasteiger partial charge in [-0.05, 0) is 37.6 Å². The Kier molecular flexibility index (Phi) is 4.27. The smallest absolute Gasteiger partial charge is 0.131 e. The van der Waals surface area contributed by atoms with Crippen molar-refractivity contribution in [3.05, 3.63) is 23.3 Å². The Balaban J connectivity index is 1.89. The van der Waals surface area contributed by atoms with Gasteiger partial charge in [-0.15, -0.1) is 0 Å². The SMILES string of the molecule is CCNC1CC(C)(C)Cc2nc(C3CCOCC3)ncc21. The second kappa shape index (κ2) is 6.01. The van der Waals surface area contributed by atoms with Crippen molar-refractivity contribution in [3.63, 3.8) is 0 Å².